The Morgan fingerprint density at radius 3 is 2.32 bits per heavy atom. The van der Waals surface area contributed by atoms with E-state index in [2.05, 4.69) is 5.32 Å². The number of rotatable bonds is 7. The van der Waals surface area contributed by atoms with Gasteiger partial charge in [0.2, 0.25) is 5.91 Å². The van der Waals surface area contributed by atoms with E-state index in [0.717, 1.165) is 5.56 Å². The number of ether oxygens (including phenoxy) is 1. The van der Waals surface area contributed by atoms with Crippen molar-refractivity contribution >= 4 is 24.3 Å². The highest BCUT2D eigenvalue weighted by molar-refractivity contribution is 5.87. The molecule has 0 saturated carbocycles. The van der Waals surface area contributed by atoms with E-state index in [0.29, 0.717) is 12.8 Å². The number of methoxy groups -OCH3 is 1. The van der Waals surface area contributed by atoms with Crippen molar-refractivity contribution in [1.29, 1.82) is 0 Å². The molecule has 0 heterocycles. The summed E-state index contributed by atoms with van der Waals surface area (Å²) in [6.45, 7) is 3.96. The molecule has 0 spiro atoms. The van der Waals surface area contributed by atoms with E-state index >= 15 is 0 Å². The van der Waals surface area contributed by atoms with Crippen LogP contribution in [0.1, 0.15) is 25.8 Å². The lowest BCUT2D eigenvalue weighted by molar-refractivity contribution is -0.145. The number of halogens is 1. The first-order valence-electron chi connectivity index (χ1n) is 7.11. The van der Waals surface area contributed by atoms with Gasteiger partial charge >= 0.3 is 5.97 Å². The van der Waals surface area contributed by atoms with Crippen LogP contribution in [-0.4, -0.2) is 31.1 Å². The van der Waals surface area contributed by atoms with Gasteiger partial charge in [-0.25, -0.2) is 4.79 Å². The van der Waals surface area contributed by atoms with E-state index in [9.17, 15) is 9.59 Å². The van der Waals surface area contributed by atoms with Gasteiger partial charge in [-0.1, -0.05) is 44.2 Å². The SMILES string of the molecule is COC(=O)[C@H](CC(C)C)NC(=O)[C@@H](N)Cc1ccccc1.Cl. The van der Waals surface area contributed by atoms with Gasteiger partial charge in [-0.05, 0) is 24.3 Å². The number of hydrogen-bond acceptors (Lipinski definition) is 4. The van der Waals surface area contributed by atoms with Crippen LogP contribution in [0.15, 0.2) is 30.3 Å². The molecule has 5 nitrogen and oxygen atoms in total. The monoisotopic (exact) mass is 328 g/mol. The van der Waals surface area contributed by atoms with Crippen LogP contribution in [-0.2, 0) is 20.7 Å². The average molecular weight is 329 g/mol. The van der Waals surface area contributed by atoms with E-state index in [4.69, 9.17) is 10.5 Å². The highest BCUT2D eigenvalue weighted by Gasteiger charge is 2.25. The first-order chi connectivity index (χ1) is 9.93. The zero-order valence-corrected chi connectivity index (χ0v) is 14.1. The Balaban J connectivity index is 0.00000441. The Kier molecular flexibility index (Phi) is 9.45. The molecule has 1 aromatic carbocycles. The number of nitrogens with two attached hydrogens (primary N) is 1. The molecule has 22 heavy (non-hydrogen) atoms. The van der Waals surface area contributed by atoms with Crippen molar-refractivity contribution in [3.8, 4) is 0 Å². The molecule has 3 N–H and O–H groups in total. The van der Waals surface area contributed by atoms with Crippen molar-refractivity contribution < 1.29 is 14.3 Å². The standard InChI is InChI=1S/C16H24N2O3.ClH/c1-11(2)9-14(16(20)21-3)18-15(19)13(17)10-12-7-5-4-6-8-12;/h4-8,11,13-14H,9-10,17H2,1-3H3,(H,18,19);1H/t13-,14-;/m0./s1. The van der Waals surface area contributed by atoms with Gasteiger partial charge in [0.25, 0.3) is 0 Å². The van der Waals surface area contributed by atoms with Crippen molar-refractivity contribution in [2.75, 3.05) is 7.11 Å². The highest BCUT2D eigenvalue weighted by Crippen LogP contribution is 2.07. The van der Waals surface area contributed by atoms with Crippen molar-refractivity contribution in [1.82, 2.24) is 5.32 Å². The van der Waals surface area contributed by atoms with E-state index in [1.54, 1.807) is 0 Å². The Hall–Kier alpha value is -1.59. The van der Waals surface area contributed by atoms with Crippen molar-refractivity contribution in [3.05, 3.63) is 35.9 Å². The summed E-state index contributed by atoms with van der Waals surface area (Å²) in [4.78, 5) is 23.8. The fraction of sp³-hybridized carbons (Fsp3) is 0.500. The highest BCUT2D eigenvalue weighted by atomic mass is 35.5. The largest absolute Gasteiger partial charge is 0.467 e. The van der Waals surface area contributed by atoms with Gasteiger partial charge in [-0.15, -0.1) is 12.4 Å². The summed E-state index contributed by atoms with van der Waals surface area (Å²) in [5, 5.41) is 2.68. The summed E-state index contributed by atoms with van der Waals surface area (Å²) in [5.41, 5.74) is 6.89. The molecule has 0 aliphatic carbocycles. The summed E-state index contributed by atoms with van der Waals surface area (Å²) in [6, 6.07) is 8.20. The number of esters is 1. The van der Waals surface area contributed by atoms with Gasteiger partial charge in [0, 0.05) is 0 Å². The lowest BCUT2D eigenvalue weighted by Crippen LogP contribution is -2.49. The summed E-state index contributed by atoms with van der Waals surface area (Å²) in [6.07, 6.45) is 0.957. The summed E-state index contributed by atoms with van der Waals surface area (Å²) >= 11 is 0. The minimum atomic E-state index is -0.688. The molecule has 0 aliphatic rings. The lowest BCUT2D eigenvalue weighted by Gasteiger charge is -2.20. The van der Waals surface area contributed by atoms with Crippen LogP contribution in [0.25, 0.3) is 0 Å². The summed E-state index contributed by atoms with van der Waals surface area (Å²) < 4.78 is 4.72. The maximum absolute atomic E-state index is 12.1. The Morgan fingerprint density at radius 1 is 1.23 bits per heavy atom. The van der Waals surface area contributed by atoms with Crippen molar-refractivity contribution in [2.24, 2.45) is 11.7 Å². The maximum Gasteiger partial charge on any atom is 0.328 e. The van der Waals surface area contributed by atoms with E-state index in [-0.39, 0.29) is 24.2 Å². The number of benzene rings is 1. The van der Waals surface area contributed by atoms with Crippen LogP contribution in [0.5, 0.6) is 0 Å². The quantitative estimate of drug-likeness (QED) is 0.746. The van der Waals surface area contributed by atoms with E-state index in [1.165, 1.54) is 7.11 Å². The molecule has 1 aromatic rings. The van der Waals surface area contributed by atoms with Crippen LogP contribution in [0, 0.1) is 5.92 Å². The van der Waals surface area contributed by atoms with Gasteiger partial charge < -0.3 is 15.8 Å². The second-order valence-electron chi connectivity index (χ2n) is 5.51. The summed E-state index contributed by atoms with van der Waals surface area (Å²) in [5.74, 6) is -0.515. The minimum Gasteiger partial charge on any atom is -0.467 e. The Labute approximate surface area is 138 Å². The topological polar surface area (TPSA) is 81.4 Å². The first kappa shape index (κ1) is 20.4. The predicted octanol–water partition coefficient (Wildman–Crippen LogP) is 1.68. The van der Waals surface area contributed by atoms with Crippen LogP contribution in [0.3, 0.4) is 0 Å². The van der Waals surface area contributed by atoms with Crippen LogP contribution >= 0.6 is 12.4 Å². The number of amides is 1. The van der Waals surface area contributed by atoms with Gasteiger partial charge in [0.1, 0.15) is 6.04 Å². The lowest BCUT2D eigenvalue weighted by atomic mass is 10.0. The van der Waals surface area contributed by atoms with Crippen molar-refractivity contribution in [2.45, 2.75) is 38.8 Å². The Morgan fingerprint density at radius 2 is 1.82 bits per heavy atom. The van der Waals surface area contributed by atoms with Gasteiger partial charge in [0.05, 0.1) is 13.2 Å². The molecule has 0 radical (unpaired) electrons. The van der Waals surface area contributed by atoms with Crippen LogP contribution < -0.4 is 11.1 Å². The molecule has 0 bridgehead atoms. The van der Waals surface area contributed by atoms with Gasteiger partial charge in [-0.3, -0.25) is 4.79 Å². The normalized spacial score (nSPS) is 13.0. The molecule has 0 saturated heterocycles. The van der Waals surface area contributed by atoms with Gasteiger partial charge in [0.15, 0.2) is 0 Å². The number of nitrogens with one attached hydrogen (secondary N) is 1. The zero-order chi connectivity index (χ0) is 15.8. The third kappa shape index (κ3) is 6.91. The molecule has 1 amide bonds. The zero-order valence-electron chi connectivity index (χ0n) is 13.2. The predicted molar refractivity (Wildman–Crippen MR) is 88.8 cm³/mol. The third-order valence-corrected chi connectivity index (χ3v) is 3.14. The first-order valence-corrected chi connectivity index (χ1v) is 7.11. The fourth-order valence-electron chi connectivity index (χ4n) is 2.07. The molecule has 0 aliphatic heterocycles. The second-order valence-corrected chi connectivity index (χ2v) is 5.51. The number of carbonyl (C=O) groups excluding carboxylic acids is 2. The minimum absolute atomic E-state index is 0. The molecule has 0 fully saturated rings. The molecular weight excluding hydrogens is 304 g/mol. The summed E-state index contributed by atoms with van der Waals surface area (Å²) in [7, 11) is 1.31. The second kappa shape index (κ2) is 10.2. The maximum atomic E-state index is 12.1. The molecule has 2 atom stereocenters. The van der Waals surface area contributed by atoms with Gasteiger partial charge in [-0.2, -0.15) is 0 Å². The number of hydrogen-bond donors (Lipinski definition) is 2. The molecule has 124 valence electrons. The van der Waals surface area contributed by atoms with Crippen LogP contribution in [0.2, 0.25) is 0 Å². The average Bonchev–Trinajstić information content (AvgIpc) is 2.46. The van der Waals surface area contributed by atoms with E-state index in [1.807, 2.05) is 44.2 Å². The molecule has 1 rings (SSSR count). The van der Waals surface area contributed by atoms with Crippen LogP contribution in [0.4, 0.5) is 0 Å². The smallest absolute Gasteiger partial charge is 0.328 e. The van der Waals surface area contributed by atoms with Crippen molar-refractivity contribution in [3.63, 3.8) is 0 Å². The molecule has 0 aromatic heterocycles. The molecule has 6 heteroatoms. The number of carbonyl (C=O) groups is 2. The third-order valence-electron chi connectivity index (χ3n) is 3.14. The molecular formula is C16H25ClN2O3. The van der Waals surface area contributed by atoms with E-state index < -0.39 is 18.1 Å². The Bertz CT molecular complexity index is 466. The fourth-order valence-corrected chi connectivity index (χ4v) is 2.07. The molecule has 0 unspecified atom stereocenters.